The predicted octanol–water partition coefficient (Wildman–Crippen LogP) is 2.20. The first kappa shape index (κ1) is 16.8. The van der Waals surface area contributed by atoms with E-state index in [-0.39, 0.29) is 11.1 Å². The zero-order chi connectivity index (χ0) is 17.6. The predicted molar refractivity (Wildman–Crippen MR) is 94.1 cm³/mol. The molecular formula is C18H23N3O3S. The maximum absolute atomic E-state index is 13.0. The zero-order valence-electron chi connectivity index (χ0n) is 14.4. The van der Waals surface area contributed by atoms with Crippen LogP contribution in [0.3, 0.4) is 0 Å². The van der Waals surface area contributed by atoms with Crippen molar-refractivity contribution in [3.8, 4) is 0 Å². The summed E-state index contributed by atoms with van der Waals surface area (Å²) in [6.07, 6.45) is 0.728. The van der Waals surface area contributed by atoms with Crippen LogP contribution in [0.1, 0.15) is 36.8 Å². The number of nitrogens with zero attached hydrogens (tertiary/aromatic N) is 1. The minimum absolute atomic E-state index is 0.0236. The van der Waals surface area contributed by atoms with Gasteiger partial charge in [0, 0.05) is 19.1 Å². The highest BCUT2D eigenvalue weighted by molar-refractivity contribution is 7.89. The largest absolute Gasteiger partial charge is 0.447 e. The molecule has 1 saturated heterocycles. The number of hydrogen-bond acceptors (Lipinski definition) is 5. The number of nitrogens with one attached hydrogen (secondary N) is 2. The number of fused-ring (bicyclic) bond motifs is 1. The Hall–Kier alpha value is -1.67. The second kappa shape index (κ2) is 6.25. The third kappa shape index (κ3) is 2.91. The van der Waals surface area contributed by atoms with Crippen LogP contribution in [0, 0.1) is 5.92 Å². The monoisotopic (exact) mass is 361 g/mol. The van der Waals surface area contributed by atoms with Gasteiger partial charge in [-0.2, -0.15) is 4.31 Å². The fourth-order valence-corrected chi connectivity index (χ4v) is 4.88. The number of sulfonamides is 1. The lowest BCUT2D eigenvalue weighted by Crippen LogP contribution is -2.35. The van der Waals surface area contributed by atoms with Crippen LogP contribution < -0.4 is 10.9 Å². The van der Waals surface area contributed by atoms with E-state index in [0.29, 0.717) is 30.8 Å². The number of hydrazine groups is 1. The molecule has 7 heteroatoms. The molecule has 1 aromatic carbocycles. The Morgan fingerprint density at radius 2 is 1.84 bits per heavy atom. The van der Waals surface area contributed by atoms with E-state index in [1.807, 2.05) is 18.2 Å². The normalized spacial score (nSPS) is 27.4. The molecule has 25 heavy (non-hydrogen) atoms. The number of furan rings is 1. The van der Waals surface area contributed by atoms with Gasteiger partial charge in [-0.3, -0.25) is 5.43 Å². The van der Waals surface area contributed by atoms with Crippen molar-refractivity contribution in [3.05, 3.63) is 53.3 Å². The fourth-order valence-electron chi connectivity index (χ4n) is 3.55. The maximum Gasteiger partial charge on any atom is 0.276 e. The molecule has 2 aliphatic heterocycles. The van der Waals surface area contributed by atoms with Gasteiger partial charge < -0.3 is 4.42 Å². The van der Waals surface area contributed by atoms with Crippen molar-refractivity contribution >= 4 is 10.0 Å². The van der Waals surface area contributed by atoms with Crippen molar-refractivity contribution in [1.29, 1.82) is 0 Å². The van der Waals surface area contributed by atoms with E-state index >= 15 is 0 Å². The van der Waals surface area contributed by atoms with Crippen molar-refractivity contribution in [2.24, 2.45) is 5.92 Å². The summed E-state index contributed by atoms with van der Waals surface area (Å²) in [5.41, 5.74) is 8.63. The molecule has 6 nitrogen and oxygen atoms in total. The minimum Gasteiger partial charge on any atom is -0.447 e. The van der Waals surface area contributed by atoms with Gasteiger partial charge >= 0.3 is 0 Å². The molecule has 0 aliphatic carbocycles. The summed E-state index contributed by atoms with van der Waals surface area (Å²) in [6, 6.07) is 11.6. The van der Waals surface area contributed by atoms with Crippen LogP contribution in [-0.2, 0) is 23.0 Å². The molecule has 1 aromatic heterocycles. The van der Waals surface area contributed by atoms with E-state index in [2.05, 4.69) is 30.8 Å². The summed E-state index contributed by atoms with van der Waals surface area (Å²) in [7, 11) is -3.63. The van der Waals surface area contributed by atoms with Gasteiger partial charge in [0.25, 0.3) is 10.0 Å². The lowest BCUT2D eigenvalue weighted by Gasteiger charge is -2.27. The van der Waals surface area contributed by atoms with Crippen molar-refractivity contribution in [2.45, 2.75) is 44.0 Å². The lowest BCUT2D eigenvalue weighted by atomic mass is 9.96. The summed E-state index contributed by atoms with van der Waals surface area (Å²) < 4.78 is 33.2. The zero-order valence-corrected chi connectivity index (χ0v) is 15.2. The highest BCUT2D eigenvalue weighted by Gasteiger charge is 2.35. The average molecular weight is 361 g/mol. The molecule has 0 amide bonds. The van der Waals surface area contributed by atoms with Crippen LogP contribution >= 0.6 is 0 Å². The quantitative estimate of drug-likeness (QED) is 0.877. The van der Waals surface area contributed by atoms with Gasteiger partial charge in [0.15, 0.2) is 0 Å². The third-order valence-corrected chi connectivity index (χ3v) is 7.10. The Bertz CT molecular complexity index is 877. The van der Waals surface area contributed by atoms with E-state index in [4.69, 9.17) is 4.42 Å². The summed E-state index contributed by atoms with van der Waals surface area (Å²) in [4.78, 5) is 0. The molecule has 0 saturated carbocycles. The SMILES string of the molecule is CC1NNC(c2ccc(S(=O)(=O)N3CCc4ccccc4C3)o2)C1C. The van der Waals surface area contributed by atoms with Gasteiger partial charge in [-0.1, -0.05) is 31.2 Å². The van der Waals surface area contributed by atoms with E-state index in [1.165, 1.54) is 9.87 Å². The third-order valence-electron chi connectivity index (χ3n) is 5.38. The number of rotatable bonds is 3. The molecule has 1 fully saturated rings. The van der Waals surface area contributed by atoms with Gasteiger partial charge in [0.05, 0.1) is 6.04 Å². The van der Waals surface area contributed by atoms with Crippen molar-refractivity contribution in [3.63, 3.8) is 0 Å². The standard InChI is InChI=1S/C18H23N3O3S/c1-12-13(2)19-20-18(12)16-7-8-17(24-16)25(22,23)21-10-9-14-5-3-4-6-15(14)11-21/h3-8,12-13,18-20H,9-11H2,1-2H3. The Morgan fingerprint density at radius 3 is 2.56 bits per heavy atom. The maximum atomic E-state index is 13.0. The lowest BCUT2D eigenvalue weighted by molar-refractivity contribution is 0.325. The van der Waals surface area contributed by atoms with E-state index in [1.54, 1.807) is 12.1 Å². The van der Waals surface area contributed by atoms with Gasteiger partial charge in [-0.15, -0.1) is 0 Å². The van der Waals surface area contributed by atoms with Crippen molar-refractivity contribution < 1.29 is 12.8 Å². The summed E-state index contributed by atoms with van der Waals surface area (Å²) in [5.74, 6) is 0.962. The highest BCUT2D eigenvalue weighted by Crippen LogP contribution is 2.32. The first-order valence-corrected chi connectivity index (χ1v) is 10.1. The molecule has 3 unspecified atom stereocenters. The van der Waals surface area contributed by atoms with Gasteiger partial charge in [-0.25, -0.2) is 13.8 Å². The first-order valence-electron chi connectivity index (χ1n) is 8.64. The smallest absolute Gasteiger partial charge is 0.276 e. The van der Waals surface area contributed by atoms with Crippen LogP contribution in [0.25, 0.3) is 0 Å². The average Bonchev–Trinajstić information content (AvgIpc) is 3.23. The molecular weight excluding hydrogens is 338 g/mol. The molecule has 2 N–H and O–H groups in total. The van der Waals surface area contributed by atoms with E-state index < -0.39 is 10.0 Å². The molecule has 2 aromatic rings. The second-order valence-corrected chi connectivity index (χ2v) is 8.80. The molecule has 0 spiro atoms. The van der Waals surface area contributed by atoms with Crippen molar-refractivity contribution in [2.75, 3.05) is 6.54 Å². The Kier molecular flexibility index (Phi) is 4.19. The molecule has 4 rings (SSSR count). The van der Waals surface area contributed by atoms with Crippen LogP contribution in [0.2, 0.25) is 0 Å². The second-order valence-electron chi connectivity index (χ2n) is 6.93. The van der Waals surface area contributed by atoms with Crippen LogP contribution in [-0.4, -0.2) is 25.3 Å². The summed E-state index contributed by atoms with van der Waals surface area (Å²) in [5, 5.41) is 0.0236. The molecule has 134 valence electrons. The molecule has 0 radical (unpaired) electrons. The first-order chi connectivity index (χ1) is 12.0. The summed E-state index contributed by atoms with van der Waals surface area (Å²) in [6.45, 7) is 5.07. The van der Waals surface area contributed by atoms with Crippen LogP contribution in [0.15, 0.2) is 45.9 Å². The molecule has 0 bridgehead atoms. The van der Waals surface area contributed by atoms with Gasteiger partial charge in [0.2, 0.25) is 5.09 Å². The Morgan fingerprint density at radius 1 is 1.08 bits per heavy atom. The van der Waals surface area contributed by atoms with Crippen LogP contribution in [0.5, 0.6) is 0 Å². The number of hydrogen-bond donors (Lipinski definition) is 2. The van der Waals surface area contributed by atoms with Crippen molar-refractivity contribution in [1.82, 2.24) is 15.2 Å². The number of benzene rings is 1. The Balaban J connectivity index is 1.58. The molecule has 3 atom stereocenters. The molecule has 2 aliphatic rings. The topological polar surface area (TPSA) is 74.6 Å². The van der Waals surface area contributed by atoms with Gasteiger partial charge in [-0.05, 0) is 42.5 Å². The van der Waals surface area contributed by atoms with Gasteiger partial charge in [0.1, 0.15) is 5.76 Å². The molecule has 3 heterocycles. The Labute approximate surface area is 148 Å². The van der Waals surface area contributed by atoms with E-state index in [9.17, 15) is 8.42 Å². The fraction of sp³-hybridized carbons (Fsp3) is 0.444. The highest BCUT2D eigenvalue weighted by atomic mass is 32.2. The summed E-state index contributed by atoms with van der Waals surface area (Å²) >= 11 is 0. The van der Waals surface area contributed by atoms with E-state index in [0.717, 1.165) is 12.0 Å². The van der Waals surface area contributed by atoms with Crippen LogP contribution in [0.4, 0.5) is 0 Å². The minimum atomic E-state index is -3.63.